The maximum atomic E-state index is 4.74. The third-order valence-electron chi connectivity index (χ3n) is 7.83. The van der Waals surface area contributed by atoms with Crippen molar-refractivity contribution in [3.63, 3.8) is 0 Å². The van der Waals surface area contributed by atoms with Gasteiger partial charge in [-0.3, -0.25) is 15.0 Å². The van der Waals surface area contributed by atoms with Gasteiger partial charge in [0, 0.05) is 35.7 Å². The Bertz CT molecular complexity index is 2010. The smallest absolute Gasteiger partial charge is 0.0714 e. The van der Waals surface area contributed by atoms with Crippen LogP contribution in [0.25, 0.3) is 66.3 Å². The van der Waals surface area contributed by atoms with E-state index in [-0.39, 0.29) is 0 Å². The highest BCUT2D eigenvalue weighted by molar-refractivity contribution is 6.13. The topological polar surface area (TPSA) is 38.7 Å². The quantitative estimate of drug-likeness (QED) is 0.220. The fourth-order valence-corrected chi connectivity index (χ4v) is 5.75. The molecule has 0 N–H and O–H groups in total. The number of aryl methyl sites for hydroxylation is 1. The summed E-state index contributed by atoms with van der Waals surface area (Å²) >= 11 is 0. The fraction of sp³-hybridized carbons (Fsp3) is 0.0541. The molecule has 0 spiro atoms. The lowest BCUT2D eigenvalue weighted by Crippen LogP contribution is -1.95. The number of pyridine rings is 3. The number of fused-ring (bicyclic) bond motifs is 3. The lowest BCUT2D eigenvalue weighted by Gasteiger charge is -2.19. The third kappa shape index (κ3) is 4.13. The van der Waals surface area contributed by atoms with Crippen molar-refractivity contribution < 1.29 is 0 Å². The first-order valence-electron chi connectivity index (χ1n) is 13.5. The van der Waals surface area contributed by atoms with Crippen molar-refractivity contribution in [1.29, 1.82) is 0 Å². The summed E-state index contributed by atoms with van der Waals surface area (Å²) in [5.74, 6) is 0. The molecule has 3 heterocycles. The summed E-state index contributed by atoms with van der Waals surface area (Å²) in [7, 11) is 0. The SMILES string of the molecule is Cc1ccc(-c2ccccn2)cc1-c1cc(-c2cc3ncccc3c3ccccc23)cc(-c2ccncc2)c1C. The molecule has 0 fully saturated rings. The highest BCUT2D eigenvalue weighted by atomic mass is 14.7. The van der Waals surface area contributed by atoms with Crippen LogP contribution in [0.1, 0.15) is 11.1 Å². The molecule has 7 rings (SSSR count). The molecule has 3 nitrogen and oxygen atoms in total. The second-order valence-corrected chi connectivity index (χ2v) is 10.2. The standard InChI is InChI=1S/C37H27N3/c1-24-12-13-27(36-11-5-6-16-39-36)20-32(24)34-22-28(21-33(25(34)2)26-14-18-38-19-15-26)35-23-37-31(10-7-17-40-37)29-8-3-4-9-30(29)35/h3-23H,1-2H3. The molecule has 0 bridgehead atoms. The number of aromatic nitrogens is 3. The van der Waals surface area contributed by atoms with Gasteiger partial charge in [0.05, 0.1) is 11.2 Å². The second-order valence-electron chi connectivity index (χ2n) is 10.2. The molecule has 3 aromatic heterocycles. The molecule has 4 aromatic carbocycles. The van der Waals surface area contributed by atoms with Crippen LogP contribution in [0, 0.1) is 13.8 Å². The zero-order valence-corrected chi connectivity index (χ0v) is 22.5. The number of hydrogen-bond donors (Lipinski definition) is 0. The number of rotatable bonds is 4. The summed E-state index contributed by atoms with van der Waals surface area (Å²) < 4.78 is 0. The first-order valence-corrected chi connectivity index (χ1v) is 13.5. The number of benzene rings is 4. The number of hydrogen-bond acceptors (Lipinski definition) is 3. The van der Waals surface area contributed by atoms with Gasteiger partial charge in [-0.1, -0.05) is 48.5 Å². The van der Waals surface area contributed by atoms with Gasteiger partial charge in [-0.2, -0.15) is 0 Å². The van der Waals surface area contributed by atoms with E-state index in [0.717, 1.165) is 22.3 Å². The van der Waals surface area contributed by atoms with Crippen LogP contribution in [-0.4, -0.2) is 15.0 Å². The molecule has 0 unspecified atom stereocenters. The monoisotopic (exact) mass is 513 g/mol. The van der Waals surface area contributed by atoms with Gasteiger partial charge in [0.25, 0.3) is 0 Å². The Morgan fingerprint density at radius 2 is 1.18 bits per heavy atom. The maximum Gasteiger partial charge on any atom is 0.0714 e. The van der Waals surface area contributed by atoms with E-state index < -0.39 is 0 Å². The van der Waals surface area contributed by atoms with Crippen molar-refractivity contribution >= 4 is 21.7 Å². The van der Waals surface area contributed by atoms with Gasteiger partial charge < -0.3 is 0 Å². The van der Waals surface area contributed by atoms with Crippen molar-refractivity contribution in [2.45, 2.75) is 13.8 Å². The first-order chi connectivity index (χ1) is 19.7. The van der Waals surface area contributed by atoms with Gasteiger partial charge in [0.15, 0.2) is 0 Å². The van der Waals surface area contributed by atoms with Crippen LogP contribution in [0.5, 0.6) is 0 Å². The molecule has 0 aliphatic heterocycles. The van der Waals surface area contributed by atoms with Crippen molar-refractivity contribution in [3.05, 3.63) is 139 Å². The van der Waals surface area contributed by atoms with E-state index in [9.17, 15) is 0 Å². The maximum absolute atomic E-state index is 4.74. The average Bonchev–Trinajstić information content (AvgIpc) is 3.02. The molecule has 0 atom stereocenters. The van der Waals surface area contributed by atoms with Crippen LogP contribution in [0.15, 0.2) is 128 Å². The molecular formula is C37H27N3. The van der Waals surface area contributed by atoms with E-state index in [0.29, 0.717) is 0 Å². The average molecular weight is 514 g/mol. The van der Waals surface area contributed by atoms with Gasteiger partial charge in [-0.05, 0) is 124 Å². The molecule has 7 aromatic rings. The zero-order chi connectivity index (χ0) is 27.1. The molecule has 3 heteroatoms. The lowest BCUT2D eigenvalue weighted by atomic mass is 9.85. The summed E-state index contributed by atoms with van der Waals surface area (Å²) in [5, 5.41) is 3.60. The zero-order valence-electron chi connectivity index (χ0n) is 22.5. The minimum absolute atomic E-state index is 0.971. The minimum Gasteiger partial charge on any atom is -0.265 e. The molecule has 0 amide bonds. The van der Waals surface area contributed by atoms with Crippen molar-refractivity contribution in [2.75, 3.05) is 0 Å². The van der Waals surface area contributed by atoms with E-state index in [1.165, 1.54) is 55.1 Å². The van der Waals surface area contributed by atoms with E-state index >= 15 is 0 Å². The van der Waals surface area contributed by atoms with E-state index in [4.69, 9.17) is 4.98 Å². The van der Waals surface area contributed by atoms with Crippen molar-refractivity contribution in [3.8, 4) is 44.6 Å². The second kappa shape index (κ2) is 9.87. The van der Waals surface area contributed by atoms with E-state index in [2.05, 4.69) is 109 Å². The fourth-order valence-electron chi connectivity index (χ4n) is 5.75. The minimum atomic E-state index is 0.971. The Hall–Kier alpha value is -5.15. The van der Waals surface area contributed by atoms with Crippen LogP contribution in [-0.2, 0) is 0 Å². The molecule has 0 saturated heterocycles. The molecule has 0 aliphatic carbocycles. The highest BCUT2D eigenvalue weighted by Gasteiger charge is 2.17. The van der Waals surface area contributed by atoms with Gasteiger partial charge in [0.2, 0.25) is 0 Å². The summed E-state index contributed by atoms with van der Waals surface area (Å²) in [6.07, 6.45) is 7.45. The van der Waals surface area contributed by atoms with Crippen molar-refractivity contribution in [1.82, 2.24) is 15.0 Å². The predicted octanol–water partition coefficient (Wildman–Crippen LogP) is 9.46. The molecular weight excluding hydrogens is 486 g/mol. The largest absolute Gasteiger partial charge is 0.265 e. The first kappa shape index (κ1) is 23.9. The Labute approximate surface area is 233 Å². The summed E-state index contributed by atoms with van der Waals surface area (Å²) in [4.78, 5) is 13.6. The Kier molecular flexibility index (Phi) is 5.90. The van der Waals surface area contributed by atoms with Crippen LogP contribution in [0.4, 0.5) is 0 Å². The number of nitrogens with zero attached hydrogens (tertiary/aromatic N) is 3. The van der Waals surface area contributed by atoms with Crippen molar-refractivity contribution in [2.24, 2.45) is 0 Å². The molecule has 190 valence electrons. The van der Waals surface area contributed by atoms with Gasteiger partial charge in [0.1, 0.15) is 0 Å². The van der Waals surface area contributed by atoms with Crippen LogP contribution in [0.3, 0.4) is 0 Å². The lowest BCUT2D eigenvalue weighted by molar-refractivity contribution is 1.31. The highest BCUT2D eigenvalue weighted by Crippen LogP contribution is 2.41. The summed E-state index contributed by atoms with van der Waals surface area (Å²) in [5.41, 5.74) is 12.7. The van der Waals surface area contributed by atoms with Gasteiger partial charge in [-0.25, -0.2) is 0 Å². The molecule has 40 heavy (non-hydrogen) atoms. The Morgan fingerprint density at radius 3 is 2.00 bits per heavy atom. The van der Waals surface area contributed by atoms with Crippen LogP contribution in [0.2, 0.25) is 0 Å². The van der Waals surface area contributed by atoms with E-state index in [1.807, 2.05) is 43.0 Å². The van der Waals surface area contributed by atoms with Gasteiger partial charge >= 0.3 is 0 Å². The summed E-state index contributed by atoms with van der Waals surface area (Å²) in [6, 6.07) is 36.6. The predicted molar refractivity (Wildman–Crippen MR) is 166 cm³/mol. The Morgan fingerprint density at radius 1 is 0.450 bits per heavy atom. The Balaban J connectivity index is 1.54. The van der Waals surface area contributed by atoms with Crippen LogP contribution >= 0.6 is 0 Å². The molecule has 0 saturated carbocycles. The molecule has 0 aliphatic rings. The summed E-state index contributed by atoms with van der Waals surface area (Å²) in [6.45, 7) is 4.41. The molecule has 0 radical (unpaired) electrons. The van der Waals surface area contributed by atoms with Gasteiger partial charge in [-0.15, -0.1) is 0 Å². The third-order valence-corrected chi connectivity index (χ3v) is 7.83. The van der Waals surface area contributed by atoms with Crippen LogP contribution < -0.4 is 0 Å². The normalized spacial score (nSPS) is 11.2. The van der Waals surface area contributed by atoms with E-state index in [1.54, 1.807) is 0 Å².